The van der Waals surface area contributed by atoms with Crippen molar-refractivity contribution in [3.05, 3.63) is 71.9 Å². The second-order valence-electron chi connectivity index (χ2n) is 6.05. The van der Waals surface area contributed by atoms with Gasteiger partial charge in [-0.3, -0.25) is 4.79 Å². The lowest BCUT2D eigenvalue weighted by atomic mass is 10.1. The molecule has 0 aliphatic rings. The van der Waals surface area contributed by atoms with Gasteiger partial charge in [0.2, 0.25) is 0 Å². The van der Waals surface area contributed by atoms with Crippen LogP contribution in [0.4, 0.5) is 0 Å². The Morgan fingerprint density at radius 3 is 2.72 bits per heavy atom. The number of carbonyl (C=O) groups excluding carboxylic acids is 1. The van der Waals surface area contributed by atoms with Crippen molar-refractivity contribution < 1.29 is 14.3 Å². The molecule has 130 valence electrons. The van der Waals surface area contributed by atoms with Crippen LogP contribution in [0.15, 0.2) is 59.3 Å². The third kappa shape index (κ3) is 3.97. The van der Waals surface area contributed by atoms with Gasteiger partial charge < -0.3 is 14.8 Å². The van der Waals surface area contributed by atoms with Gasteiger partial charge in [0.15, 0.2) is 0 Å². The molecule has 2 unspecified atom stereocenters. The molecule has 0 saturated carbocycles. The minimum absolute atomic E-state index is 0.209. The quantitative estimate of drug-likeness (QED) is 0.723. The van der Waals surface area contributed by atoms with Crippen molar-refractivity contribution in [1.82, 2.24) is 15.1 Å². The maximum absolute atomic E-state index is 12.5. The van der Waals surface area contributed by atoms with E-state index in [-0.39, 0.29) is 11.9 Å². The lowest BCUT2D eigenvalue weighted by molar-refractivity contribution is 0.0902. The van der Waals surface area contributed by atoms with E-state index < -0.39 is 6.10 Å². The first kappa shape index (κ1) is 17.0. The number of furan rings is 1. The Labute approximate surface area is 146 Å². The third-order valence-corrected chi connectivity index (χ3v) is 3.99. The molecule has 6 nitrogen and oxygen atoms in total. The number of amides is 1. The number of benzene rings is 1. The van der Waals surface area contributed by atoms with Gasteiger partial charge in [0.25, 0.3) is 5.91 Å². The van der Waals surface area contributed by atoms with E-state index >= 15 is 0 Å². The Morgan fingerprint density at radius 2 is 2.04 bits per heavy atom. The zero-order chi connectivity index (χ0) is 17.8. The van der Waals surface area contributed by atoms with Crippen molar-refractivity contribution in [2.24, 2.45) is 0 Å². The van der Waals surface area contributed by atoms with Crippen molar-refractivity contribution in [3.63, 3.8) is 0 Å². The van der Waals surface area contributed by atoms with Crippen LogP contribution in [0.5, 0.6) is 0 Å². The van der Waals surface area contributed by atoms with Crippen LogP contribution in [0.25, 0.3) is 5.69 Å². The Morgan fingerprint density at radius 1 is 1.28 bits per heavy atom. The van der Waals surface area contributed by atoms with Gasteiger partial charge in [-0.15, -0.1) is 0 Å². The Hall–Kier alpha value is -2.86. The van der Waals surface area contributed by atoms with E-state index in [1.165, 1.54) is 6.26 Å². The topological polar surface area (TPSA) is 80.3 Å². The Kier molecular flexibility index (Phi) is 5.00. The number of hydrogen-bond acceptors (Lipinski definition) is 4. The highest BCUT2D eigenvalue weighted by Crippen LogP contribution is 2.19. The molecule has 0 aliphatic carbocycles. The van der Waals surface area contributed by atoms with Crippen LogP contribution < -0.4 is 5.32 Å². The average Bonchev–Trinajstić information content (AvgIpc) is 3.25. The highest BCUT2D eigenvalue weighted by molar-refractivity contribution is 5.95. The summed E-state index contributed by atoms with van der Waals surface area (Å²) in [5, 5.41) is 17.4. The summed E-state index contributed by atoms with van der Waals surface area (Å²) >= 11 is 0. The van der Waals surface area contributed by atoms with Gasteiger partial charge in [0, 0.05) is 18.7 Å². The smallest absolute Gasteiger partial charge is 0.254 e. The van der Waals surface area contributed by atoms with Gasteiger partial charge in [0.05, 0.1) is 23.2 Å². The molecule has 1 amide bonds. The highest BCUT2D eigenvalue weighted by Gasteiger charge is 2.19. The number of carbonyl (C=O) groups is 1. The van der Waals surface area contributed by atoms with E-state index in [9.17, 15) is 9.90 Å². The van der Waals surface area contributed by atoms with Crippen molar-refractivity contribution in [1.29, 1.82) is 0 Å². The van der Waals surface area contributed by atoms with Gasteiger partial charge in [-0.1, -0.05) is 18.2 Å². The van der Waals surface area contributed by atoms with Crippen LogP contribution in [-0.2, 0) is 0 Å². The monoisotopic (exact) mass is 339 g/mol. The molecule has 0 aliphatic heterocycles. The first-order chi connectivity index (χ1) is 12.0. The largest absolute Gasteiger partial charge is 0.467 e. The van der Waals surface area contributed by atoms with Gasteiger partial charge in [-0.05, 0) is 38.1 Å². The summed E-state index contributed by atoms with van der Waals surface area (Å²) in [7, 11) is 0. The molecule has 2 heterocycles. The van der Waals surface area contributed by atoms with Gasteiger partial charge in [-0.25, -0.2) is 4.68 Å². The molecule has 2 aromatic heterocycles. The first-order valence-electron chi connectivity index (χ1n) is 8.18. The van der Waals surface area contributed by atoms with E-state index in [1.54, 1.807) is 29.9 Å². The summed E-state index contributed by atoms with van der Waals surface area (Å²) in [6.07, 6.45) is 2.85. The zero-order valence-electron chi connectivity index (χ0n) is 14.2. The van der Waals surface area contributed by atoms with Crippen molar-refractivity contribution in [2.75, 3.05) is 0 Å². The summed E-state index contributed by atoms with van der Waals surface area (Å²) in [6.45, 7) is 3.65. The zero-order valence-corrected chi connectivity index (χ0v) is 14.2. The molecule has 25 heavy (non-hydrogen) atoms. The van der Waals surface area contributed by atoms with Crippen LogP contribution >= 0.6 is 0 Å². The minimum Gasteiger partial charge on any atom is -0.467 e. The predicted octanol–water partition coefficient (Wildman–Crippen LogP) is 3.02. The number of hydrogen-bond donors (Lipinski definition) is 2. The highest BCUT2D eigenvalue weighted by atomic mass is 16.4. The molecular weight excluding hydrogens is 318 g/mol. The fourth-order valence-electron chi connectivity index (χ4n) is 2.69. The number of para-hydroxylation sites is 1. The molecule has 0 spiro atoms. The molecule has 0 radical (unpaired) electrons. The van der Waals surface area contributed by atoms with Crippen LogP contribution in [0, 0.1) is 6.92 Å². The molecule has 0 fully saturated rings. The normalized spacial score (nSPS) is 13.4. The molecule has 0 bridgehead atoms. The Balaban J connectivity index is 1.66. The van der Waals surface area contributed by atoms with Gasteiger partial charge in [0.1, 0.15) is 11.9 Å². The van der Waals surface area contributed by atoms with E-state index in [1.807, 2.05) is 37.3 Å². The third-order valence-electron chi connectivity index (χ3n) is 3.99. The standard InChI is InChI=1S/C19H21N3O3/c1-13(11-17(23)18-9-6-10-25-18)20-19(24)16-12-22(21-14(16)2)15-7-4-3-5-8-15/h3-10,12-13,17,23H,11H2,1-2H3,(H,20,24). The molecule has 2 N–H and O–H groups in total. The maximum Gasteiger partial charge on any atom is 0.254 e. The fourth-order valence-corrected chi connectivity index (χ4v) is 2.69. The van der Waals surface area contributed by atoms with Gasteiger partial charge in [-0.2, -0.15) is 5.10 Å². The van der Waals surface area contributed by atoms with Crippen molar-refractivity contribution >= 4 is 5.91 Å². The lowest BCUT2D eigenvalue weighted by Gasteiger charge is -2.16. The predicted molar refractivity (Wildman–Crippen MR) is 93.5 cm³/mol. The summed E-state index contributed by atoms with van der Waals surface area (Å²) in [5.41, 5.74) is 2.06. The molecule has 3 aromatic rings. The van der Waals surface area contributed by atoms with E-state index in [0.29, 0.717) is 23.4 Å². The maximum atomic E-state index is 12.5. The second-order valence-corrected chi connectivity index (χ2v) is 6.05. The van der Waals surface area contributed by atoms with Gasteiger partial charge >= 0.3 is 0 Å². The average molecular weight is 339 g/mol. The molecule has 1 aromatic carbocycles. The summed E-state index contributed by atoms with van der Waals surface area (Å²) in [4.78, 5) is 12.5. The van der Waals surface area contributed by atoms with E-state index in [0.717, 1.165) is 5.69 Å². The first-order valence-corrected chi connectivity index (χ1v) is 8.18. The number of nitrogens with zero attached hydrogens (tertiary/aromatic N) is 2. The molecule has 2 atom stereocenters. The minimum atomic E-state index is -0.751. The number of aryl methyl sites for hydroxylation is 1. The van der Waals surface area contributed by atoms with Crippen molar-refractivity contribution in [3.8, 4) is 5.69 Å². The van der Waals surface area contributed by atoms with Crippen LogP contribution in [-0.4, -0.2) is 26.8 Å². The summed E-state index contributed by atoms with van der Waals surface area (Å²) < 4.78 is 6.87. The van der Waals surface area contributed by atoms with Crippen LogP contribution in [0.1, 0.15) is 41.3 Å². The molecular formula is C19H21N3O3. The summed E-state index contributed by atoms with van der Waals surface area (Å²) in [6, 6.07) is 12.9. The second kappa shape index (κ2) is 7.36. The SMILES string of the molecule is Cc1nn(-c2ccccc2)cc1C(=O)NC(C)CC(O)c1ccco1. The number of aliphatic hydroxyl groups excluding tert-OH is 1. The lowest BCUT2D eigenvalue weighted by Crippen LogP contribution is -2.33. The number of rotatable bonds is 6. The fraction of sp³-hybridized carbons (Fsp3) is 0.263. The summed E-state index contributed by atoms with van der Waals surface area (Å²) in [5.74, 6) is 0.285. The number of aromatic nitrogens is 2. The number of aliphatic hydroxyl groups is 1. The Bertz CT molecular complexity index is 825. The van der Waals surface area contributed by atoms with Crippen molar-refractivity contribution in [2.45, 2.75) is 32.4 Å². The number of nitrogens with one attached hydrogen (secondary N) is 1. The molecule has 3 rings (SSSR count). The van der Waals surface area contributed by atoms with E-state index in [4.69, 9.17) is 4.42 Å². The van der Waals surface area contributed by atoms with E-state index in [2.05, 4.69) is 10.4 Å². The van der Waals surface area contributed by atoms with Crippen LogP contribution in [0.2, 0.25) is 0 Å². The molecule has 0 saturated heterocycles. The van der Waals surface area contributed by atoms with Crippen LogP contribution in [0.3, 0.4) is 0 Å². The molecule has 6 heteroatoms.